The molecule has 19 heavy (non-hydrogen) atoms. The summed E-state index contributed by atoms with van der Waals surface area (Å²) in [6, 6.07) is 0. The van der Waals surface area contributed by atoms with E-state index in [2.05, 4.69) is 10.1 Å². The Hall–Kier alpha value is -2.02. The van der Waals surface area contributed by atoms with Crippen LogP contribution in [0.3, 0.4) is 0 Å². The highest BCUT2D eigenvalue weighted by atomic mass is 19.1. The number of nitrogens with two attached hydrogens (primary N) is 1. The highest BCUT2D eigenvalue weighted by Crippen LogP contribution is 2.39. The van der Waals surface area contributed by atoms with Crippen LogP contribution in [-0.2, 0) is 4.74 Å². The second kappa shape index (κ2) is 4.58. The van der Waals surface area contributed by atoms with Crippen molar-refractivity contribution >= 4 is 5.82 Å². The highest BCUT2D eigenvalue weighted by Gasteiger charge is 2.58. The van der Waals surface area contributed by atoms with Gasteiger partial charge in [0.1, 0.15) is 18.0 Å². The number of aliphatic hydroxyl groups excluding tert-OH is 2. The summed E-state index contributed by atoms with van der Waals surface area (Å²) in [6.45, 7) is -0.665. The third kappa shape index (κ3) is 1.95. The normalized spacial score (nSPS) is 34.1. The van der Waals surface area contributed by atoms with Crippen LogP contribution in [0, 0.1) is 12.3 Å². The van der Waals surface area contributed by atoms with Crippen molar-refractivity contribution in [2.24, 2.45) is 0 Å². The molecular weight excluding hydrogens is 259 g/mol. The van der Waals surface area contributed by atoms with Gasteiger partial charge in [0.05, 0.1) is 12.8 Å². The SMILES string of the molecule is C#CC1(F)C(n2ncc(N)nc2=O)OC(CO)[C@@H]1O. The lowest BCUT2D eigenvalue weighted by Crippen LogP contribution is -2.45. The van der Waals surface area contributed by atoms with Crippen LogP contribution >= 0.6 is 0 Å². The van der Waals surface area contributed by atoms with Crippen LogP contribution in [0.2, 0.25) is 0 Å². The molecule has 3 unspecified atom stereocenters. The largest absolute Gasteiger partial charge is 0.394 e. The Labute approximate surface area is 106 Å². The molecule has 4 atom stereocenters. The van der Waals surface area contributed by atoms with E-state index in [0.717, 1.165) is 6.20 Å². The molecule has 102 valence electrons. The number of nitrogens with zero attached hydrogens (tertiary/aromatic N) is 3. The predicted molar refractivity (Wildman–Crippen MR) is 60.4 cm³/mol. The Morgan fingerprint density at radius 2 is 2.42 bits per heavy atom. The smallest absolute Gasteiger partial charge is 0.368 e. The van der Waals surface area contributed by atoms with E-state index in [1.54, 1.807) is 5.92 Å². The van der Waals surface area contributed by atoms with E-state index < -0.39 is 36.4 Å². The first-order chi connectivity index (χ1) is 8.93. The van der Waals surface area contributed by atoms with E-state index in [1.165, 1.54) is 0 Å². The Bertz CT molecular complexity index is 586. The molecule has 0 radical (unpaired) electrons. The number of aliphatic hydroxyl groups is 2. The maximum absolute atomic E-state index is 14.5. The van der Waals surface area contributed by atoms with Crippen molar-refractivity contribution in [3.8, 4) is 12.3 Å². The van der Waals surface area contributed by atoms with Crippen molar-refractivity contribution in [3.63, 3.8) is 0 Å². The summed E-state index contributed by atoms with van der Waals surface area (Å²) in [5, 5.41) is 22.2. The molecule has 0 aliphatic carbocycles. The van der Waals surface area contributed by atoms with Gasteiger partial charge in [0.2, 0.25) is 11.9 Å². The van der Waals surface area contributed by atoms with Gasteiger partial charge in [0.15, 0.2) is 0 Å². The van der Waals surface area contributed by atoms with Crippen molar-refractivity contribution in [3.05, 3.63) is 16.7 Å². The first-order valence-electron chi connectivity index (χ1n) is 5.26. The maximum Gasteiger partial charge on any atom is 0.368 e. The van der Waals surface area contributed by atoms with Crippen molar-refractivity contribution < 1.29 is 19.3 Å². The molecule has 1 aliphatic rings. The average Bonchev–Trinajstić information content (AvgIpc) is 2.63. The third-order valence-corrected chi connectivity index (χ3v) is 2.80. The fourth-order valence-corrected chi connectivity index (χ4v) is 1.81. The molecule has 0 bridgehead atoms. The molecule has 1 fully saturated rings. The van der Waals surface area contributed by atoms with E-state index in [-0.39, 0.29) is 5.82 Å². The summed E-state index contributed by atoms with van der Waals surface area (Å²) < 4.78 is 20.1. The Balaban J connectivity index is 2.49. The number of ether oxygens (including phenoxy) is 1. The zero-order valence-corrected chi connectivity index (χ0v) is 9.60. The van der Waals surface area contributed by atoms with Crippen molar-refractivity contribution in [1.82, 2.24) is 14.8 Å². The number of terminal acetylenes is 1. The number of hydrogen-bond donors (Lipinski definition) is 3. The zero-order valence-electron chi connectivity index (χ0n) is 9.60. The standard InChI is InChI=1S/C10H11FN4O4/c1-2-10(11)7(17)5(4-16)19-8(10)15-9(18)14-6(12)3-13-15/h1,3,5,7-8,16-17H,4H2,(H2,12,14,18)/t5?,7-,8?,10?/m0/s1. The van der Waals surface area contributed by atoms with Gasteiger partial charge in [-0.1, -0.05) is 5.92 Å². The summed E-state index contributed by atoms with van der Waals surface area (Å²) in [7, 11) is 0. The number of nitrogen functional groups attached to an aromatic ring is 1. The first kappa shape index (κ1) is 13.4. The van der Waals surface area contributed by atoms with Gasteiger partial charge in [-0.15, -0.1) is 6.42 Å². The lowest BCUT2D eigenvalue weighted by molar-refractivity contribution is -0.0609. The van der Waals surface area contributed by atoms with Crippen LogP contribution < -0.4 is 11.4 Å². The summed E-state index contributed by atoms with van der Waals surface area (Å²) in [5.41, 5.74) is 1.57. The van der Waals surface area contributed by atoms with Gasteiger partial charge >= 0.3 is 5.69 Å². The monoisotopic (exact) mass is 270 g/mol. The van der Waals surface area contributed by atoms with Gasteiger partial charge in [-0.05, 0) is 0 Å². The van der Waals surface area contributed by atoms with Gasteiger partial charge in [-0.3, -0.25) is 0 Å². The molecule has 0 saturated carbocycles. The Morgan fingerprint density at radius 3 is 2.95 bits per heavy atom. The minimum absolute atomic E-state index is 0.149. The Kier molecular flexibility index (Phi) is 3.23. The van der Waals surface area contributed by atoms with Crippen molar-refractivity contribution in [1.29, 1.82) is 0 Å². The van der Waals surface area contributed by atoms with Gasteiger partial charge in [0, 0.05) is 0 Å². The third-order valence-electron chi connectivity index (χ3n) is 2.80. The molecule has 2 heterocycles. The average molecular weight is 270 g/mol. The number of rotatable bonds is 2. The second-order valence-electron chi connectivity index (χ2n) is 3.98. The lowest BCUT2D eigenvalue weighted by atomic mass is 9.97. The maximum atomic E-state index is 14.5. The number of aromatic nitrogens is 3. The van der Waals surface area contributed by atoms with Crippen LogP contribution in [0.1, 0.15) is 6.23 Å². The van der Waals surface area contributed by atoms with E-state index in [1.807, 2.05) is 0 Å². The minimum Gasteiger partial charge on any atom is -0.394 e. The van der Waals surface area contributed by atoms with E-state index in [9.17, 15) is 14.3 Å². The van der Waals surface area contributed by atoms with Crippen molar-refractivity contribution in [2.45, 2.75) is 24.1 Å². The van der Waals surface area contributed by atoms with Gasteiger partial charge < -0.3 is 20.7 Å². The van der Waals surface area contributed by atoms with Crippen LogP contribution in [-0.4, -0.2) is 49.5 Å². The summed E-state index contributed by atoms with van der Waals surface area (Å²) in [6.07, 6.45) is 1.31. The molecule has 1 aliphatic heterocycles. The summed E-state index contributed by atoms with van der Waals surface area (Å²) in [5.74, 6) is 1.58. The lowest BCUT2D eigenvalue weighted by Gasteiger charge is -2.22. The molecule has 9 heteroatoms. The minimum atomic E-state index is -2.71. The van der Waals surface area contributed by atoms with Gasteiger partial charge in [-0.25, -0.2) is 9.18 Å². The fourth-order valence-electron chi connectivity index (χ4n) is 1.81. The number of alkyl halides is 1. The van der Waals surface area contributed by atoms with E-state index in [4.69, 9.17) is 22.0 Å². The molecule has 1 aromatic rings. The molecule has 4 N–H and O–H groups in total. The molecular formula is C10H11FN4O4. The second-order valence-corrected chi connectivity index (χ2v) is 3.98. The highest BCUT2D eigenvalue weighted by molar-refractivity contribution is 5.22. The zero-order chi connectivity index (χ0) is 14.2. The number of halogens is 1. The van der Waals surface area contributed by atoms with E-state index in [0.29, 0.717) is 4.68 Å². The summed E-state index contributed by atoms with van der Waals surface area (Å²) >= 11 is 0. The van der Waals surface area contributed by atoms with E-state index >= 15 is 0 Å². The van der Waals surface area contributed by atoms with Gasteiger partial charge in [0.25, 0.3) is 0 Å². The molecule has 2 rings (SSSR count). The molecule has 0 spiro atoms. The van der Waals surface area contributed by atoms with Gasteiger partial charge in [-0.2, -0.15) is 14.8 Å². The number of anilines is 1. The molecule has 0 amide bonds. The molecule has 1 aromatic heterocycles. The summed E-state index contributed by atoms with van der Waals surface area (Å²) in [4.78, 5) is 14.9. The van der Waals surface area contributed by atoms with Crippen LogP contribution in [0.4, 0.5) is 10.2 Å². The quantitative estimate of drug-likeness (QED) is 0.521. The van der Waals surface area contributed by atoms with Crippen molar-refractivity contribution in [2.75, 3.05) is 12.3 Å². The molecule has 1 saturated heterocycles. The Morgan fingerprint density at radius 1 is 1.74 bits per heavy atom. The van der Waals surface area contributed by atoms with Crippen LogP contribution in [0.25, 0.3) is 0 Å². The predicted octanol–water partition coefficient (Wildman–Crippen LogP) is -2.19. The fraction of sp³-hybridized carbons (Fsp3) is 0.500. The molecule has 8 nitrogen and oxygen atoms in total. The van der Waals surface area contributed by atoms with Crippen LogP contribution in [0.5, 0.6) is 0 Å². The number of hydrogen-bond acceptors (Lipinski definition) is 7. The van der Waals surface area contributed by atoms with Crippen LogP contribution in [0.15, 0.2) is 11.0 Å². The first-order valence-corrected chi connectivity index (χ1v) is 5.26. The topological polar surface area (TPSA) is 123 Å². The molecule has 0 aromatic carbocycles.